The summed E-state index contributed by atoms with van der Waals surface area (Å²) in [5.41, 5.74) is 0. The van der Waals surface area contributed by atoms with Gasteiger partial charge >= 0.3 is 0 Å². The maximum atomic E-state index is 11.7. The van der Waals surface area contributed by atoms with Crippen molar-refractivity contribution in [1.82, 2.24) is 5.32 Å². The molecule has 1 unspecified atom stereocenters. The molecule has 0 saturated carbocycles. The first-order chi connectivity index (χ1) is 6.99. The van der Waals surface area contributed by atoms with Crippen molar-refractivity contribution in [3.8, 4) is 0 Å². The van der Waals surface area contributed by atoms with Gasteiger partial charge in [0.05, 0.1) is 39.2 Å². The highest BCUT2D eigenvalue weighted by atomic mass is 16.2. The highest BCUT2D eigenvalue weighted by Gasteiger charge is 2.59. The largest absolute Gasteiger partial charge is 0.298 e. The van der Waals surface area contributed by atoms with Gasteiger partial charge in [-0.2, -0.15) is 0 Å². The molecule has 16 heavy (non-hydrogen) atoms. The Bertz CT molecular complexity index is 354. The highest BCUT2D eigenvalue weighted by molar-refractivity contribution is 6.66. The summed E-state index contributed by atoms with van der Waals surface area (Å²) in [7, 11) is 28.5. The predicted octanol–water partition coefficient (Wildman–Crippen LogP) is -1.47. The molecule has 1 fully saturated rings. The average Bonchev–Trinajstić information content (AvgIpc) is 2.13. The fourth-order valence-corrected chi connectivity index (χ4v) is 1.77. The summed E-state index contributed by atoms with van der Waals surface area (Å²) in [6.07, 6.45) is 0. The summed E-state index contributed by atoms with van der Waals surface area (Å²) in [6, 6.07) is 0. The van der Waals surface area contributed by atoms with Crippen molar-refractivity contribution in [2.24, 2.45) is 5.92 Å². The normalized spacial score (nSPS) is 32.4. The van der Waals surface area contributed by atoms with E-state index < -0.39 is 33.5 Å². The van der Waals surface area contributed by atoms with Gasteiger partial charge in [-0.1, -0.05) is 19.1 Å². The Morgan fingerprint density at radius 1 is 1.00 bits per heavy atom. The Balaban J connectivity index is 3.41. The van der Waals surface area contributed by atoms with Crippen LogP contribution in [0.4, 0.5) is 0 Å². The molecule has 1 saturated heterocycles. The zero-order valence-electron chi connectivity index (χ0n) is 9.28. The molecule has 3 nitrogen and oxygen atoms in total. The first kappa shape index (κ1) is 13.5. The third-order valence-electron chi connectivity index (χ3n) is 3.26. The zero-order valence-corrected chi connectivity index (χ0v) is 9.28. The van der Waals surface area contributed by atoms with Crippen LogP contribution in [0.25, 0.3) is 0 Å². The van der Waals surface area contributed by atoms with E-state index in [0.29, 0.717) is 0 Å². The Labute approximate surface area is 102 Å². The van der Waals surface area contributed by atoms with Gasteiger partial charge in [0.25, 0.3) is 0 Å². The number of nitrogens with one attached hydrogen (secondary N) is 1. The topological polar surface area (TPSA) is 46.2 Å². The van der Waals surface area contributed by atoms with E-state index in [4.69, 9.17) is 39.2 Å². The van der Waals surface area contributed by atoms with E-state index in [-0.39, 0.29) is 0 Å². The molecule has 1 N–H and O–H groups in total. The van der Waals surface area contributed by atoms with Crippen LogP contribution in [0.1, 0.15) is 13.8 Å². The van der Waals surface area contributed by atoms with E-state index in [1.54, 1.807) is 13.8 Å². The van der Waals surface area contributed by atoms with Crippen molar-refractivity contribution in [2.45, 2.75) is 29.6 Å². The van der Waals surface area contributed by atoms with Gasteiger partial charge in [-0.3, -0.25) is 14.9 Å². The van der Waals surface area contributed by atoms with E-state index in [2.05, 4.69) is 0 Å². The number of imide groups is 1. The van der Waals surface area contributed by atoms with Crippen molar-refractivity contribution in [1.29, 1.82) is 0 Å². The molecule has 2 amide bonds. The second kappa shape index (κ2) is 3.48. The third-order valence-corrected chi connectivity index (χ3v) is 3.26. The fraction of sp³-hybridized carbons (Fsp3) is 0.750. The molecule has 0 spiro atoms. The van der Waals surface area contributed by atoms with Gasteiger partial charge in [0, 0.05) is 5.31 Å². The van der Waals surface area contributed by atoms with Crippen LogP contribution in [-0.4, -0.2) is 51.0 Å². The van der Waals surface area contributed by atoms with E-state index in [0.717, 1.165) is 0 Å². The number of hydrogen-bond donors (Lipinski definition) is 1. The highest BCUT2D eigenvalue weighted by Crippen LogP contribution is 2.63. The summed E-state index contributed by atoms with van der Waals surface area (Å²) in [6.45, 7) is 3.28. The number of hydrogen-bond acceptors (Lipinski definition) is 2. The maximum Gasteiger partial charge on any atom is 0.223 e. The fourth-order valence-electron chi connectivity index (χ4n) is 1.77. The third kappa shape index (κ3) is 1.34. The summed E-state index contributed by atoms with van der Waals surface area (Å²) < 4.78 is 0. The molecular weight excluding hydrogens is 196 g/mol. The first-order valence-corrected chi connectivity index (χ1v) is 4.79. The van der Waals surface area contributed by atoms with Crippen molar-refractivity contribution in [3.63, 3.8) is 0 Å². The molecule has 1 heterocycles. The van der Waals surface area contributed by atoms with Crippen LogP contribution in [0.15, 0.2) is 0 Å². The van der Waals surface area contributed by atoms with E-state index >= 15 is 0 Å². The van der Waals surface area contributed by atoms with Crippen LogP contribution >= 0.6 is 0 Å². The van der Waals surface area contributed by atoms with Gasteiger partial charge in [-0.05, 0) is 11.1 Å². The summed E-state index contributed by atoms with van der Waals surface area (Å²) in [5.74, 6) is -2.16. The SMILES string of the molecule is [B]C1([B])C(=O)NC(=O)C([B])(C(C)C)C1([B])[B]. The zero-order chi connectivity index (χ0) is 12.9. The van der Waals surface area contributed by atoms with E-state index in [9.17, 15) is 9.59 Å². The van der Waals surface area contributed by atoms with Gasteiger partial charge < -0.3 is 0 Å². The molecule has 0 aromatic heterocycles. The Morgan fingerprint density at radius 2 is 1.44 bits per heavy atom. The quantitative estimate of drug-likeness (QED) is 0.419. The molecule has 1 rings (SSSR count). The van der Waals surface area contributed by atoms with Gasteiger partial charge in [0.15, 0.2) is 0 Å². The Morgan fingerprint density at radius 3 is 1.81 bits per heavy atom. The van der Waals surface area contributed by atoms with E-state index in [1.807, 2.05) is 5.32 Å². The van der Waals surface area contributed by atoms with Crippen LogP contribution in [-0.2, 0) is 9.59 Å². The second-order valence-electron chi connectivity index (χ2n) is 4.54. The number of piperidine rings is 1. The molecule has 1 aliphatic rings. The summed E-state index contributed by atoms with van der Waals surface area (Å²) >= 11 is 0. The second-order valence-corrected chi connectivity index (χ2v) is 4.54. The molecular formula is C8H8B5NO2. The smallest absolute Gasteiger partial charge is 0.223 e. The summed E-state index contributed by atoms with van der Waals surface area (Å²) in [5, 5.41) is -3.88. The van der Waals surface area contributed by atoms with Gasteiger partial charge in [-0.15, -0.1) is 0 Å². The Kier molecular flexibility index (Phi) is 2.94. The molecule has 1 atom stereocenters. The molecule has 0 bridgehead atoms. The minimum Gasteiger partial charge on any atom is -0.298 e. The van der Waals surface area contributed by atoms with Crippen LogP contribution in [0.5, 0.6) is 0 Å². The molecule has 0 aromatic rings. The molecule has 0 aliphatic carbocycles. The van der Waals surface area contributed by atoms with Gasteiger partial charge in [0.2, 0.25) is 11.8 Å². The average molecular weight is 204 g/mol. The lowest BCUT2D eigenvalue weighted by molar-refractivity contribution is -0.138. The van der Waals surface area contributed by atoms with Crippen molar-refractivity contribution in [2.75, 3.05) is 0 Å². The van der Waals surface area contributed by atoms with Crippen molar-refractivity contribution >= 4 is 51.0 Å². The van der Waals surface area contributed by atoms with Gasteiger partial charge in [0.1, 0.15) is 0 Å². The number of rotatable bonds is 1. The monoisotopic (exact) mass is 205 g/mol. The van der Waals surface area contributed by atoms with Gasteiger partial charge in [-0.25, -0.2) is 0 Å². The minimum atomic E-state index is -2.11. The van der Waals surface area contributed by atoms with Crippen LogP contribution < -0.4 is 5.32 Å². The van der Waals surface area contributed by atoms with Crippen LogP contribution in [0, 0.1) is 5.92 Å². The Hall–Kier alpha value is -0.535. The lowest BCUT2D eigenvalue weighted by atomic mass is 9.18. The van der Waals surface area contributed by atoms with Crippen LogP contribution in [0.2, 0.25) is 15.7 Å². The number of carbonyl (C=O) groups is 2. The minimum absolute atomic E-state index is 0.443. The first-order valence-electron chi connectivity index (χ1n) is 4.79. The lowest BCUT2D eigenvalue weighted by Gasteiger charge is -2.59. The van der Waals surface area contributed by atoms with Crippen molar-refractivity contribution < 1.29 is 9.59 Å². The molecule has 0 aromatic carbocycles. The lowest BCUT2D eigenvalue weighted by Crippen LogP contribution is -2.63. The standard InChI is InChI=1S/C8H8B5NO2/c1-3(2)6(9)4(15)14-5(16)7(10,11)8(6,12)13/h3H,1-2H3,(H,14,15,16). The van der Waals surface area contributed by atoms with E-state index in [1.165, 1.54) is 0 Å². The molecule has 72 valence electrons. The molecule has 10 radical (unpaired) electrons. The number of amides is 2. The van der Waals surface area contributed by atoms with Crippen molar-refractivity contribution in [3.05, 3.63) is 0 Å². The molecule has 8 heteroatoms. The van der Waals surface area contributed by atoms with Crippen LogP contribution in [0.3, 0.4) is 0 Å². The number of carbonyl (C=O) groups excluding carboxylic acids is 2. The maximum absolute atomic E-state index is 11.7. The summed E-state index contributed by atoms with van der Waals surface area (Å²) in [4.78, 5) is 23.2. The predicted molar refractivity (Wildman–Crippen MR) is 64.8 cm³/mol. The molecule has 1 aliphatic heterocycles.